The van der Waals surface area contributed by atoms with Crippen LogP contribution in [0.25, 0.3) is 0 Å². The van der Waals surface area contributed by atoms with Crippen molar-refractivity contribution in [3.8, 4) is 0 Å². The first-order valence-electron chi connectivity index (χ1n) is 4.43. The molecule has 1 saturated heterocycles. The number of carbonyl (C=O) groups is 2. The van der Waals surface area contributed by atoms with E-state index in [9.17, 15) is 9.59 Å². The molecule has 0 amide bonds. The van der Waals surface area contributed by atoms with Gasteiger partial charge in [-0.15, -0.1) is 0 Å². The van der Waals surface area contributed by atoms with E-state index in [0.717, 1.165) is 0 Å². The monoisotopic (exact) mass is 218 g/mol. The van der Waals surface area contributed by atoms with Crippen molar-refractivity contribution in [3.63, 3.8) is 0 Å². The van der Waals surface area contributed by atoms with Gasteiger partial charge >= 0.3 is 11.9 Å². The third-order valence-corrected chi connectivity index (χ3v) is 2.80. The molecule has 0 aromatic rings. The van der Waals surface area contributed by atoms with Gasteiger partial charge in [0.2, 0.25) is 0 Å². The number of hydrogen-bond acceptors (Lipinski definition) is 4. The third kappa shape index (κ3) is 2.24. The summed E-state index contributed by atoms with van der Waals surface area (Å²) in [6.07, 6.45) is 0.433. The molecule has 14 heavy (non-hydrogen) atoms. The summed E-state index contributed by atoms with van der Waals surface area (Å²) in [5.41, 5.74) is -1.26. The van der Waals surface area contributed by atoms with Gasteiger partial charge in [-0.1, -0.05) is 0 Å². The van der Waals surface area contributed by atoms with Gasteiger partial charge in [0.15, 0.2) is 0 Å². The Morgan fingerprint density at radius 1 is 1.00 bits per heavy atom. The minimum absolute atomic E-state index is 0.309. The van der Waals surface area contributed by atoms with E-state index in [1.54, 1.807) is 27.7 Å². The Morgan fingerprint density at radius 2 is 1.36 bits per heavy atom. The van der Waals surface area contributed by atoms with Gasteiger partial charge in [-0.3, -0.25) is 9.59 Å². The lowest BCUT2D eigenvalue weighted by Gasteiger charge is -2.33. The van der Waals surface area contributed by atoms with E-state index in [4.69, 9.17) is 9.05 Å². The zero-order chi connectivity index (χ0) is 11.0. The fraction of sp³-hybridized carbons (Fsp3) is 0.778. The van der Waals surface area contributed by atoms with Crippen LogP contribution >= 0.6 is 9.03 Å². The highest BCUT2D eigenvalue weighted by Gasteiger charge is 2.42. The fourth-order valence-corrected chi connectivity index (χ4v) is 2.37. The molecule has 1 aliphatic heterocycles. The first-order chi connectivity index (χ1) is 6.26. The number of hydrogen-bond donors (Lipinski definition) is 0. The zero-order valence-corrected chi connectivity index (χ0v) is 9.84. The largest absolute Gasteiger partial charge is 0.408 e. The smallest absolute Gasteiger partial charge is 0.316 e. The molecule has 0 radical (unpaired) electrons. The summed E-state index contributed by atoms with van der Waals surface area (Å²) < 4.78 is 9.62. The van der Waals surface area contributed by atoms with Crippen molar-refractivity contribution in [1.29, 1.82) is 0 Å². The molecule has 1 heterocycles. The molecule has 0 atom stereocenters. The molecule has 0 bridgehead atoms. The van der Waals surface area contributed by atoms with Gasteiger partial charge in [-0.2, -0.15) is 0 Å². The molecule has 0 aromatic carbocycles. The summed E-state index contributed by atoms with van der Waals surface area (Å²) >= 11 is 0. The summed E-state index contributed by atoms with van der Waals surface area (Å²) in [5, 5.41) is 0. The normalized spacial score (nSPS) is 25.7. The second kappa shape index (κ2) is 3.50. The Labute approximate surface area is 85.3 Å². The average Bonchev–Trinajstić information content (AvgIpc) is 2.00. The first kappa shape index (κ1) is 11.4. The van der Waals surface area contributed by atoms with Crippen molar-refractivity contribution in [2.75, 3.05) is 0 Å². The molecule has 4 nitrogen and oxygen atoms in total. The van der Waals surface area contributed by atoms with Gasteiger partial charge < -0.3 is 9.05 Å². The van der Waals surface area contributed by atoms with Crippen molar-refractivity contribution in [1.82, 2.24) is 0 Å². The van der Waals surface area contributed by atoms with Gasteiger partial charge in [0.05, 0.1) is 10.8 Å². The molecule has 1 fully saturated rings. The average molecular weight is 218 g/mol. The van der Waals surface area contributed by atoms with Crippen LogP contribution in [0.3, 0.4) is 0 Å². The molecule has 5 heteroatoms. The van der Waals surface area contributed by atoms with Crippen molar-refractivity contribution >= 4 is 21.0 Å². The number of rotatable bonds is 0. The van der Waals surface area contributed by atoms with E-state index in [0.29, 0.717) is 6.42 Å². The quantitative estimate of drug-likeness (QED) is 0.584. The lowest BCUT2D eigenvalue weighted by molar-refractivity contribution is -0.155. The van der Waals surface area contributed by atoms with Crippen molar-refractivity contribution in [2.45, 2.75) is 34.1 Å². The zero-order valence-electron chi connectivity index (χ0n) is 8.84. The summed E-state index contributed by atoms with van der Waals surface area (Å²) in [6, 6.07) is 0. The van der Waals surface area contributed by atoms with Crippen LogP contribution in [0.15, 0.2) is 0 Å². The Morgan fingerprint density at radius 3 is 1.71 bits per heavy atom. The molecule has 0 spiro atoms. The lowest BCUT2D eigenvalue weighted by atomic mass is 9.75. The molecule has 80 valence electrons. The van der Waals surface area contributed by atoms with Gasteiger partial charge in [0.1, 0.15) is 0 Å². The van der Waals surface area contributed by atoms with Crippen LogP contribution < -0.4 is 0 Å². The summed E-state index contributed by atoms with van der Waals surface area (Å²) in [6.45, 7) is 7.11. The molecular weight excluding hydrogens is 203 g/mol. The van der Waals surface area contributed by atoms with E-state index in [2.05, 4.69) is 0 Å². The Kier molecular flexibility index (Phi) is 2.86. The Bertz CT molecular complexity index is 244. The Hall–Kier alpha value is -0.630. The fourth-order valence-electron chi connectivity index (χ4n) is 1.62. The van der Waals surface area contributed by atoms with E-state index >= 15 is 0 Å². The van der Waals surface area contributed by atoms with E-state index < -0.39 is 19.9 Å². The summed E-state index contributed by atoms with van der Waals surface area (Å²) in [7, 11) is -0.515. The topological polar surface area (TPSA) is 52.6 Å². The molecule has 0 N–H and O–H groups in total. The van der Waals surface area contributed by atoms with Gasteiger partial charge in [-0.05, 0) is 34.1 Å². The van der Waals surface area contributed by atoms with Crippen LogP contribution in [-0.4, -0.2) is 11.9 Å². The predicted molar refractivity (Wildman–Crippen MR) is 52.7 cm³/mol. The maximum Gasteiger partial charge on any atom is 0.316 e. The van der Waals surface area contributed by atoms with Crippen LogP contribution in [0.4, 0.5) is 0 Å². The van der Waals surface area contributed by atoms with Crippen molar-refractivity contribution in [2.24, 2.45) is 10.8 Å². The molecular formula is C9H15O4P. The standard InChI is InChI=1S/C9H15O4P/c1-8(2)5-9(3,4)7(11)13-14-12-6(8)10/h14H,5H2,1-4H3. The van der Waals surface area contributed by atoms with Gasteiger partial charge in [0, 0.05) is 0 Å². The van der Waals surface area contributed by atoms with Crippen LogP contribution in [0.1, 0.15) is 34.1 Å². The minimum atomic E-state index is -0.629. The molecule has 1 rings (SSSR count). The molecule has 0 aliphatic carbocycles. The van der Waals surface area contributed by atoms with Crippen LogP contribution in [0, 0.1) is 10.8 Å². The van der Waals surface area contributed by atoms with E-state index in [1.165, 1.54) is 0 Å². The van der Waals surface area contributed by atoms with Gasteiger partial charge in [-0.25, -0.2) is 0 Å². The van der Waals surface area contributed by atoms with Gasteiger partial charge in [0.25, 0.3) is 9.03 Å². The predicted octanol–water partition coefficient (Wildman–Crippen LogP) is 2.04. The maximum atomic E-state index is 11.5. The Balaban J connectivity index is 2.92. The second-order valence-electron chi connectivity index (χ2n) is 4.81. The highest BCUT2D eigenvalue weighted by molar-refractivity contribution is 7.27. The highest BCUT2D eigenvalue weighted by atomic mass is 31.1. The molecule has 0 aromatic heterocycles. The van der Waals surface area contributed by atoms with E-state index in [1.807, 2.05) is 0 Å². The summed E-state index contributed by atoms with van der Waals surface area (Å²) in [4.78, 5) is 23.0. The first-order valence-corrected chi connectivity index (χ1v) is 5.25. The summed E-state index contributed by atoms with van der Waals surface area (Å²) in [5.74, 6) is -0.618. The van der Waals surface area contributed by atoms with Crippen LogP contribution in [-0.2, 0) is 18.6 Å². The molecule has 1 aliphatic rings. The van der Waals surface area contributed by atoms with E-state index in [-0.39, 0.29) is 11.9 Å². The second-order valence-corrected chi connectivity index (χ2v) is 5.38. The SMILES string of the molecule is CC1(C)CC(C)(C)C(=O)OPOC1=O. The minimum Gasteiger partial charge on any atom is -0.408 e. The lowest BCUT2D eigenvalue weighted by Crippen LogP contribution is -2.37. The van der Waals surface area contributed by atoms with Crippen LogP contribution in [0.2, 0.25) is 0 Å². The molecule has 0 unspecified atom stereocenters. The highest BCUT2D eigenvalue weighted by Crippen LogP contribution is 2.40. The van der Waals surface area contributed by atoms with Crippen molar-refractivity contribution < 1.29 is 18.6 Å². The molecule has 0 saturated carbocycles. The number of carbonyl (C=O) groups excluding carboxylic acids is 2. The van der Waals surface area contributed by atoms with Crippen molar-refractivity contribution in [3.05, 3.63) is 0 Å². The third-order valence-electron chi connectivity index (χ3n) is 2.26. The maximum absolute atomic E-state index is 11.5. The van der Waals surface area contributed by atoms with Crippen LogP contribution in [0.5, 0.6) is 0 Å².